The SMILES string of the molecule is [Cr].[Cu].[Zr].[Zr]. The Labute approximate surface area is 85.3 Å². The summed E-state index contributed by atoms with van der Waals surface area (Å²) in [7, 11) is 0. The predicted octanol–water partition coefficient (Wildman–Crippen LogP) is -0.0100. The zero-order valence-electron chi connectivity index (χ0n) is 1.71. The molecule has 0 atom stereocenters. The molecule has 25 valence electrons. The monoisotopic (exact) mass is 295 g/mol. The van der Waals surface area contributed by atoms with Crippen LogP contribution in [0.15, 0.2) is 0 Å². The Balaban J connectivity index is 0. The third kappa shape index (κ3) is 8.84. The minimum atomic E-state index is 0. The quantitative estimate of drug-likeness (QED) is 0.552. The van der Waals surface area contributed by atoms with Crippen molar-refractivity contribution >= 4 is 0 Å². The van der Waals surface area contributed by atoms with E-state index in [9.17, 15) is 0 Å². The minimum Gasteiger partial charge on any atom is 0 e. The molecule has 4 heavy (non-hydrogen) atoms. The Morgan fingerprint density at radius 2 is 0.750 bits per heavy atom. The molecule has 0 bridgehead atoms. The van der Waals surface area contributed by atoms with E-state index in [-0.39, 0.29) is 86.8 Å². The Hall–Kier alpha value is 2.82. The van der Waals surface area contributed by atoms with Gasteiger partial charge in [-0.2, -0.15) is 0 Å². The molecular formula is CrCuZr2. The molecule has 0 fully saturated rings. The Kier molecular flexibility index (Phi) is 124. The number of hydrogen-bond donors (Lipinski definition) is 0. The van der Waals surface area contributed by atoms with Crippen molar-refractivity contribution in [3.63, 3.8) is 0 Å². The van der Waals surface area contributed by atoms with Gasteiger partial charge >= 0.3 is 0 Å². The average molecular weight is 298 g/mol. The van der Waals surface area contributed by atoms with E-state index in [2.05, 4.69) is 0 Å². The van der Waals surface area contributed by atoms with E-state index in [0.717, 1.165) is 0 Å². The van der Waals surface area contributed by atoms with Crippen LogP contribution in [0.3, 0.4) is 0 Å². The Morgan fingerprint density at radius 3 is 0.750 bits per heavy atom. The van der Waals surface area contributed by atoms with Gasteiger partial charge in [0.1, 0.15) is 0 Å². The predicted molar refractivity (Wildman–Crippen MR) is 0 cm³/mol. The second kappa shape index (κ2) is 17.0. The maximum absolute atomic E-state index is 0. The van der Waals surface area contributed by atoms with E-state index in [1.807, 2.05) is 0 Å². The molecule has 4 heteroatoms. The minimum absolute atomic E-state index is 0. The number of hydrogen-bond acceptors (Lipinski definition) is 0. The molecular weight excluding hydrogens is 298 g/mol. The summed E-state index contributed by atoms with van der Waals surface area (Å²) in [6, 6.07) is 0. The van der Waals surface area contributed by atoms with Crippen LogP contribution in [0.4, 0.5) is 0 Å². The van der Waals surface area contributed by atoms with E-state index in [1.54, 1.807) is 0 Å². The van der Waals surface area contributed by atoms with Crippen molar-refractivity contribution in [2.45, 2.75) is 0 Å². The van der Waals surface area contributed by atoms with Gasteiger partial charge in [0.05, 0.1) is 0 Å². The molecule has 0 aromatic heterocycles. The van der Waals surface area contributed by atoms with Crippen LogP contribution in [0.1, 0.15) is 0 Å². The molecule has 0 amide bonds. The third-order valence-corrected chi connectivity index (χ3v) is 0. The van der Waals surface area contributed by atoms with Crippen molar-refractivity contribution in [1.82, 2.24) is 0 Å². The van der Waals surface area contributed by atoms with Gasteiger partial charge in [0.15, 0.2) is 0 Å². The van der Waals surface area contributed by atoms with E-state index in [4.69, 9.17) is 0 Å². The summed E-state index contributed by atoms with van der Waals surface area (Å²) >= 11 is 0. The molecule has 0 saturated heterocycles. The molecule has 0 nitrogen and oxygen atoms in total. The second-order valence-electron chi connectivity index (χ2n) is 0. The summed E-state index contributed by atoms with van der Waals surface area (Å²) in [5, 5.41) is 0. The summed E-state index contributed by atoms with van der Waals surface area (Å²) in [5.41, 5.74) is 0. The molecule has 0 aromatic carbocycles. The van der Waals surface area contributed by atoms with E-state index < -0.39 is 0 Å². The van der Waals surface area contributed by atoms with Crippen LogP contribution in [-0.4, -0.2) is 0 Å². The van der Waals surface area contributed by atoms with Gasteiger partial charge < -0.3 is 0 Å². The van der Waals surface area contributed by atoms with Crippen LogP contribution in [0.5, 0.6) is 0 Å². The first-order valence-electron chi connectivity index (χ1n) is 0. The van der Waals surface area contributed by atoms with Crippen molar-refractivity contribution in [3.8, 4) is 0 Å². The summed E-state index contributed by atoms with van der Waals surface area (Å²) in [6.07, 6.45) is 0. The van der Waals surface area contributed by atoms with Crippen LogP contribution >= 0.6 is 0 Å². The molecule has 0 spiro atoms. The van der Waals surface area contributed by atoms with E-state index in [1.165, 1.54) is 0 Å². The third-order valence-electron chi connectivity index (χ3n) is 0. The molecule has 0 rings (SSSR count). The smallest absolute Gasteiger partial charge is 0 e. The van der Waals surface area contributed by atoms with Gasteiger partial charge in [0.2, 0.25) is 0 Å². The molecule has 0 aromatic rings. The average Bonchev–Trinajstić information content (AvgIpc) is 0. The standard InChI is InChI=1S/Cr.Cu.2Zr. The first-order valence-corrected chi connectivity index (χ1v) is 0. The summed E-state index contributed by atoms with van der Waals surface area (Å²) < 4.78 is 0. The fourth-order valence-electron chi connectivity index (χ4n) is 0. The summed E-state index contributed by atoms with van der Waals surface area (Å²) in [5.74, 6) is 0. The number of rotatable bonds is 0. The largest absolute Gasteiger partial charge is 0 e. The maximum Gasteiger partial charge on any atom is 0 e. The van der Waals surface area contributed by atoms with Gasteiger partial charge in [0.25, 0.3) is 0 Å². The van der Waals surface area contributed by atoms with Crippen LogP contribution < -0.4 is 0 Å². The Bertz CT molecular complexity index is 6.00. The van der Waals surface area contributed by atoms with Crippen molar-refractivity contribution in [2.24, 2.45) is 0 Å². The van der Waals surface area contributed by atoms with Crippen LogP contribution in [0.2, 0.25) is 0 Å². The van der Waals surface area contributed by atoms with Crippen LogP contribution in [-0.2, 0) is 86.8 Å². The zero-order chi connectivity index (χ0) is 0. The van der Waals surface area contributed by atoms with Crippen molar-refractivity contribution < 1.29 is 86.8 Å². The fourth-order valence-corrected chi connectivity index (χ4v) is 0. The van der Waals surface area contributed by atoms with Crippen LogP contribution in [0, 0.1) is 0 Å². The van der Waals surface area contributed by atoms with Gasteiger partial charge in [-0.05, 0) is 0 Å². The fraction of sp³-hybridized carbons (Fsp3) is 0. The first-order chi connectivity index (χ1) is 0. The van der Waals surface area contributed by atoms with Crippen molar-refractivity contribution in [1.29, 1.82) is 0 Å². The molecule has 0 saturated carbocycles. The second-order valence-corrected chi connectivity index (χ2v) is 0. The normalized spacial score (nSPS) is 0. The molecule has 1 radical (unpaired) electrons. The first kappa shape index (κ1) is 29.1. The Morgan fingerprint density at radius 1 is 0.750 bits per heavy atom. The van der Waals surface area contributed by atoms with E-state index >= 15 is 0 Å². The molecule has 0 N–H and O–H groups in total. The topological polar surface area (TPSA) is 0 Å². The van der Waals surface area contributed by atoms with Crippen LogP contribution in [0.25, 0.3) is 0 Å². The maximum atomic E-state index is 0. The molecule has 0 aliphatic heterocycles. The molecule has 0 unspecified atom stereocenters. The molecule has 0 aliphatic carbocycles. The van der Waals surface area contributed by atoms with Gasteiger partial charge in [-0.15, -0.1) is 0 Å². The summed E-state index contributed by atoms with van der Waals surface area (Å²) in [6.45, 7) is 0. The van der Waals surface area contributed by atoms with Gasteiger partial charge in [-0.1, -0.05) is 0 Å². The molecule has 0 heterocycles. The molecule has 0 aliphatic rings. The van der Waals surface area contributed by atoms with Crippen molar-refractivity contribution in [3.05, 3.63) is 0 Å². The summed E-state index contributed by atoms with van der Waals surface area (Å²) in [4.78, 5) is 0. The zero-order valence-corrected chi connectivity index (χ0v) is 8.84. The van der Waals surface area contributed by atoms with Crippen molar-refractivity contribution in [2.75, 3.05) is 0 Å². The van der Waals surface area contributed by atoms with E-state index in [0.29, 0.717) is 0 Å². The van der Waals surface area contributed by atoms with Gasteiger partial charge in [0, 0.05) is 86.8 Å². The van der Waals surface area contributed by atoms with Gasteiger partial charge in [-0.25, -0.2) is 0 Å². The van der Waals surface area contributed by atoms with Gasteiger partial charge in [-0.3, -0.25) is 0 Å².